The lowest BCUT2D eigenvalue weighted by molar-refractivity contribution is -0.135. The number of ether oxygens (including phenoxy) is 4. The molecule has 6 heteroatoms. The average molecular weight is 315 g/mol. The molecule has 1 aromatic heterocycles. The third kappa shape index (κ3) is 2.56. The first kappa shape index (κ1) is 15.1. The van der Waals surface area contributed by atoms with Crippen molar-refractivity contribution in [1.29, 1.82) is 0 Å². The number of pyridine rings is 1. The Balaban J connectivity index is 2.25. The normalized spacial score (nSPS) is 16.3. The number of hydrogen-bond acceptors (Lipinski definition) is 6. The van der Waals surface area contributed by atoms with Gasteiger partial charge in [-0.1, -0.05) is 0 Å². The highest BCUT2D eigenvalue weighted by atomic mass is 16.5. The fraction of sp³-hybridized carbons (Fsp3) is 0.294. The van der Waals surface area contributed by atoms with Gasteiger partial charge in [-0.25, -0.2) is 0 Å². The Morgan fingerprint density at radius 1 is 1.09 bits per heavy atom. The third-order valence-corrected chi connectivity index (χ3v) is 3.88. The molecule has 1 aliphatic rings. The van der Waals surface area contributed by atoms with Gasteiger partial charge in [-0.2, -0.15) is 0 Å². The highest BCUT2D eigenvalue weighted by molar-refractivity contribution is 5.80. The van der Waals surface area contributed by atoms with Crippen molar-refractivity contribution in [2.75, 3.05) is 21.3 Å². The van der Waals surface area contributed by atoms with E-state index in [0.29, 0.717) is 23.0 Å². The molecule has 3 rings (SSSR count). The van der Waals surface area contributed by atoms with Crippen LogP contribution in [-0.4, -0.2) is 32.3 Å². The molecule has 0 radical (unpaired) electrons. The molecule has 23 heavy (non-hydrogen) atoms. The van der Waals surface area contributed by atoms with E-state index < -0.39 is 0 Å². The predicted octanol–water partition coefficient (Wildman–Crippen LogP) is 2.55. The molecule has 6 nitrogen and oxygen atoms in total. The van der Waals surface area contributed by atoms with Crippen molar-refractivity contribution < 1.29 is 23.7 Å². The smallest absolute Gasteiger partial charge is 0.312 e. The Morgan fingerprint density at radius 2 is 1.78 bits per heavy atom. The molecule has 0 saturated heterocycles. The zero-order valence-electron chi connectivity index (χ0n) is 13.2. The molecule has 1 aliphatic heterocycles. The molecule has 0 amide bonds. The summed E-state index contributed by atoms with van der Waals surface area (Å²) in [7, 11) is 4.62. The standard InChI is InChI=1S/C17H17NO5/c1-20-13-9-12-15(17(22-3)16(13)21-2)11(8-14(19)23-12)10-4-6-18-7-5-10/h4-7,9,11H,8H2,1-3H3/t11-/m1/s1. The summed E-state index contributed by atoms with van der Waals surface area (Å²) in [5.41, 5.74) is 1.74. The number of nitrogens with zero attached hydrogens (tertiary/aromatic N) is 1. The minimum atomic E-state index is -0.298. The fourth-order valence-electron chi connectivity index (χ4n) is 2.88. The van der Waals surface area contributed by atoms with Crippen molar-refractivity contribution in [2.45, 2.75) is 12.3 Å². The maximum Gasteiger partial charge on any atom is 0.312 e. The third-order valence-electron chi connectivity index (χ3n) is 3.88. The fourth-order valence-corrected chi connectivity index (χ4v) is 2.88. The van der Waals surface area contributed by atoms with Crippen LogP contribution in [-0.2, 0) is 4.79 Å². The zero-order chi connectivity index (χ0) is 16.4. The van der Waals surface area contributed by atoms with E-state index in [1.54, 1.807) is 32.7 Å². The second-order valence-electron chi connectivity index (χ2n) is 5.07. The van der Waals surface area contributed by atoms with Crippen LogP contribution >= 0.6 is 0 Å². The van der Waals surface area contributed by atoms with Gasteiger partial charge < -0.3 is 18.9 Å². The Morgan fingerprint density at radius 3 is 2.39 bits per heavy atom. The Kier molecular flexibility index (Phi) is 4.06. The molecular formula is C17H17NO5. The van der Waals surface area contributed by atoms with Crippen LogP contribution in [0.5, 0.6) is 23.0 Å². The highest BCUT2D eigenvalue weighted by Gasteiger charge is 2.35. The molecule has 0 aliphatic carbocycles. The van der Waals surface area contributed by atoms with Crippen LogP contribution in [0.3, 0.4) is 0 Å². The van der Waals surface area contributed by atoms with Crippen molar-refractivity contribution in [2.24, 2.45) is 0 Å². The second-order valence-corrected chi connectivity index (χ2v) is 5.07. The van der Waals surface area contributed by atoms with Crippen LogP contribution in [0.1, 0.15) is 23.5 Å². The number of aromatic nitrogens is 1. The van der Waals surface area contributed by atoms with Gasteiger partial charge in [0.15, 0.2) is 11.5 Å². The molecule has 2 heterocycles. The van der Waals surface area contributed by atoms with E-state index in [4.69, 9.17) is 18.9 Å². The number of carbonyl (C=O) groups excluding carboxylic acids is 1. The van der Waals surface area contributed by atoms with Gasteiger partial charge in [0.05, 0.1) is 27.8 Å². The van der Waals surface area contributed by atoms with Crippen LogP contribution in [0, 0.1) is 0 Å². The number of fused-ring (bicyclic) bond motifs is 1. The summed E-state index contributed by atoms with van der Waals surface area (Å²) in [5, 5.41) is 0. The van der Waals surface area contributed by atoms with Gasteiger partial charge >= 0.3 is 5.97 Å². The molecule has 120 valence electrons. The Bertz CT molecular complexity index is 730. The van der Waals surface area contributed by atoms with Gasteiger partial charge in [-0.3, -0.25) is 9.78 Å². The van der Waals surface area contributed by atoms with Crippen LogP contribution in [0.15, 0.2) is 30.6 Å². The topological polar surface area (TPSA) is 66.9 Å². The summed E-state index contributed by atoms with van der Waals surface area (Å²) in [5.74, 6) is 1.38. The number of methoxy groups -OCH3 is 3. The Labute approximate surface area is 134 Å². The molecule has 2 aromatic rings. The van der Waals surface area contributed by atoms with Gasteiger partial charge in [0, 0.05) is 29.9 Å². The maximum absolute atomic E-state index is 12.0. The number of benzene rings is 1. The molecule has 1 atom stereocenters. The quantitative estimate of drug-likeness (QED) is 0.638. The van der Waals surface area contributed by atoms with E-state index in [9.17, 15) is 4.79 Å². The van der Waals surface area contributed by atoms with Crippen molar-refractivity contribution in [3.05, 3.63) is 41.7 Å². The molecular weight excluding hydrogens is 298 g/mol. The molecule has 0 saturated carbocycles. The van der Waals surface area contributed by atoms with Crippen molar-refractivity contribution in [1.82, 2.24) is 4.98 Å². The van der Waals surface area contributed by atoms with Crippen LogP contribution < -0.4 is 18.9 Å². The largest absolute Gasteiger partial charge is 0.493 e. The van der Waals surface area contributed by atoms with Crippen LogP contribution in [0.2, 0.25) is 0 Å². The van der Waals surface area contributed by atoms with E-state index in [0.717, 1.165) is 11.1 Å². The van der Waals surface area contributed by atoms with Gasteiger partial charge in [0.25, 0.3) is 0 Å². The molecule has 0 fully saturated rings. The van der Waals surface area contributed by atoms with Crippen molar-refractivity contribution >= 4 is 5.97 Å². The minimum Gasteiger partial charge on any atom is -0.493 e. The van der Waals surface area contributed by atoms with E-state index in [2.05, 4.69) is 4.98 Å². The maximum atomic E-state index is 12.0. The van der Waals surface area contributed by atoms with Crippen molar-refractivity contribution in [3.63, 3.8) is 0 Å². The lowest BCUT2D eigenvalue weighted by Gasteiger charge is -2.28. The van der Waals surface area contributed by atoms with Gasteiger partial charge in [-0.05, 0) is 17.7 Å². The summed E-state index contributed by atoms with van der Waals surface area (Å²) < 4.78 is 21.7. The number of hydrogen-bond donors (Lipinski definition) is 0. The summed E-state index contributed by atoms with van der Waals surface area (Å²) >= 11 is 0. The van der Waals surface area contributed by atoms with Crippen LogP contribution in [0.4, 0.5) is 0 Å². The summed E-state index contributed by atoms with van der Waals surface area (Å²) in [6, 6.07) is 5.41. The number of carbonyl (C=O) groups is 1. The SMILES string of the molecule is COc1cc2c(c(OC)c1OC)[C@@H](c1ccncc1)CC(=O)O2. The molecule has 0 unspecified atom stereocenters. The van der Waals surface area contributed by atoms with E-state index in [1.165, 1.54) is 7.11 Å². The average Bonchev–Trinajstić information content (AvgIpc) is 2.59. The first-order valence-electron chi connectivity index (χ1n) is 7.13. The second kappa shape index (κ2) is 6.16. The van der Waals surface area contributed by atoms with Gasteiger partial charge in [-0.15, -0.1) is 0 Å². The summed E-state index contributed by atoms with van der Waals surface area (Å²) in [6.07, 6.45) is 3.62. The van der Waals surface area contributed by atoms with E-state index in [1.807, 2.05) is 12.1 Å². The summed E-state index contributed by atoms with van der Waals surface area (Å²) in [6.45, 7) is 0. The Hall–Kier alpha value is -2.76. The first-order valence-corrected chi connectivity index (χ1v) is 7.13. The van der Waals surface area contributed by atoms with E-state index in [-0.39, 0.29) is 18.3 Å². The van der Waals surface area contributed by atoms with Crippen molar-refractivity contribution in [3.8, 4) is 23.0 Å². The number of esters is 1. The minimum absolute atomic E-state index is 0.191. The molecule has 1 aromatic carbocycles. The zero-order valence-corrected chi connectivity index (χ0v) is 13.2. The molecule has 0 N–H and O–H groups in total. The van der Waals surface area contributed by atoms with Gasteiger partial charge in [0.1, 0.15) is 5.75 Å². The van der Waals surface area contributed by atoms with Gasteiger partial charge in [0.2, 0.25) is 5.75 Å². The lowest BCUT2D eigenvalue weighted by Crippen LogP contribution is -2.22. The van der Waals surface area contributed by atoms with Crippen LogP contribution in [0.25, 0.3) is 0 Å². The molecule has 0 spiro atoms. The first-order chi connectivity index (χ1) is 11.2. The van der Waals surface area contributed by atoms with E-state index >= 15 is 0 Å². The number of rotatable bonds is 4. The molecule has 0 bridgehead atoms. The monoisotopic (exact) mass is 315 g/mol. The lowest BCUT2D eigenvalue weighted by atomic mass is 9.86. The summed E-state index contributed by atoms with van der Waals surface area (Å²) in [4.78, 5) is 16.0. The highest BCUT2D eigenvalue weighted by Crippen LogP contribution is 2.52. The predicted molar refractivity (Wildman–Crippen MR) is 82.4 cm³/mol.